The maximum absolute atomic E-state index is 12.7. The summed E-state index contributed by atoms with van der Waals surface area (Å²) in [6.07, 6.45) is 3.20. The Hall–Kier alpha value is -4.03. The number of esters is 1. The maximum Gasteiger partial charge on any atom is 0.338 e. The van der Waals surface area contributed by atoms with E-state index in [2.05, 4.69) is 5.32 Å². The van der Waals surface area contributed by atoms with Gasteiger partial charge in [0.1, 0.15) is 11.3 Å². The number of nitrogens with one attached hydrogen (secondary N) is 1. The third kappa shape index (κ3) is 5.39. The first-order valence-electron chi connectivity index (χ1n) is 11.0. The van der Waals surface area contributed by atoms with Crippen LogP contribution < -0.4 is 10.1 Å². The van der Waals surface area contributed by atoms with Gasteiger partial charge in [-0.15, -0.1) is 0 Å². The van der Waals surface area contributed by atoms with E-state index in [-0.39, 0.29) is 5.91 Å². The molecule has 3 aromatic carbocycles. The van der Waals surface area contributed by atoms with Gasteiger partial charge in [0.15, 0.2) is 0 Å². The van der Waals surface area contributed by atoms with E-state index in [1.807, 2.05) is 43.3 Å². The summed E-state index contributed by atoms with van der Waals surface area (Å²) in [6, 6.07) is 17.8. The van der Waals surface area contributed by atoms with Crippen LogP contribution in [0.15, 0.2) is 77.4 Å². The molecule has 4 aromatic rings. The molecule has 0 saturated heterocycles. The molecular weight excluding hydrogens is 466 g/mol. The topological polar surface area (TPSA) is 77.8 Å². The van der Waals surface area contributed by atoms with Crippen LogP contribution in [0, 0.1) is 0 Å². The van der Waals surface area contributed by atoms with Gasteiger partial charge in [0, 0.05) is 39.4 Å². The molecule has 4 rings (SSSR count). The fraction of sp³-hybridized carbons (Fsp3) is 0.143. The Labute approximate surface area is 208 Å². The smallest absolute Gasteiger partial charge is 0.338 e. The molecule has 1 heterocycles. The zero-order valence-electron chi connectivity index (χ0n) is 19.6. The standard InChI is InChI=1S/C28H24ClNO5/c1-4-34-28(32)19-7-11-21(12-8-19)30-27(31)13-17(2)22-14-23-24(18-5-9-20(29)10-6-18)16-35-26(23)15-25(22)33-3/h5-16H,4H2,1-3H3,(H,30,31)/b17-13+. The molecule has 0 aliphatic heterocycles. The molecule has 6 nitrogen and oxygen atoms in total. The lowest BCUT2D eigenvalue weighted by molar-refractivity contribution is -0.111. The summed E-state index contributed by atoms with van der Waals surface area (Å²) >= 11 is 6.03. The molecule has 0 saturated carbocycles. The van der Waals surface area contributed by atoms with Gasteiger partial charge in [0.2, 0.25) is 5.91 Å². The van der Waals surface area contributed by atoms with E-state index in [4.69, 9.17) is 25.5 Å². The van der Waals surface area contributed by atoms with Gasteiger partial charge >= 0.3 is 5.97 Å². The Balaban J connectivity index is 1.60. The van der Waals surface area contributed by atoms with Gasteiger partial charge in [-0.2, -0.15) is 0 Å². The van der Waals surface area contributed by atoms with E-state index in [0.29, 0.717) is 39.8 Å². The van der Waals surface area contributed by atoms with Crippen molar-refractivity contribution in [2.24, 2.45) is 0 Å². The fourth-order valence-electron chi connectivity index (χ4n) is 3.74. The summed E-state index contributed by atoms with van der Waals surface area (Å²) in [5, 5.41) is 4.36. The minimum absolute atomic E-state index is 0.302. The van der Waals surface area contributed by atoms with Crippen LogP contribution in [0.2, 0.25) is 5.02 Å². The molecule has 0 unspecified atom stereocenters. The largest absolute Gasteiger partial charge is 0.496 e. The Morgan fingerprint density at radius 1 is 1.06 bits per heavy atom. The van der Waals surface area contributed by atoms with Crippen LogP contribution >= 0.6 is 11.6 Å². The second-order valence-corrected chi connectivity index (χ2v) is 8.26. The Morgan fingerprint density at radius 2 is 1.77 bits per heavy atom. The lowest BCUT2D eigenvalue weighted by atomic mass is 9.99. The molecule has 1 aromatic heterocycles. The summed E-state index contributed by atoms with van der Waals surface area (Å²) in [6.45, 7) is 3.89. The number of anilines is 1. The van der Waals surface area contributed by atoms with Crippen molar-refractivity contribution in [1.29, 1.82) is 0 Å². The van der Waals surface area contributed by atoms with Gasteiger partial charge in [-0.1, -0.05) is 23.7 Å². The highest BCUT2D eigenvalue weighted by molar-refractivity contribution is 6.30. The van der Waals surface area contributed by atoms with E-state index < -0.39 is 5.97 Å². The Morgan fingerprint density at radius 3 is 2.43 bits per heavy atom. The molecule has 7 heteroatoms. The average Bonchev–Trinajstić information content (AvgIpc) is 3.27. The molecule has 0 atom stereocenters. The number of methoxy groups -OCH3 is 1. The predicted molar refractivity (Wildman–Crippen MR) is 138 cm³/mol. The molecule has 178 valence electrons. The number of allylic oxidation sites excluding steroid dienone is 1. The number of amides is 1. The van der Waals surface area contributed by atoms with Crippen molar-refractivity contribution < 1.29 is 23.5 Å². The predicted octanol–water partition coefficient (Wildman–Crippen LogP) is 6.98. The van der Waals surface area contributed by atoms with Crippen LogP contribution in [-0.4, -0.2) is 25.6 Å². The first kappa shape index (κ1) is 24.1. The SMILES string of the molecule is CCOC(=O)c1ccc(NC(=O)/C=C(\C)c2cc3c(-c4ccc(Cl)cc4)coc3cc2OC)cc1. The van der Waals surface area contributed by atoms with Gasteiger partial charge in [-0.3, -0.25) is 4.79 Å². The number of ether oxygens (including phenoxy) is 2. The number of hydrogen-bond acceptors (Lipinski definition) is 5. The van der Waals surface area contributed by atoms with E-state index in [0.717, 1.165) is 22.1 Å². The summed E-state index contributed by atoms with van der Waals surface area (Å²) in [5.74, 6) is -0.116. The second-order valence-electron chi connectivity index (χ2n) is 7.82. The third-order valence-corrected chi connectivity index (χ3v) is 5.74. The van der Waals surface area contributed by atoms with Gasteiger partial charge in [-0.25, -0.2) is 4.79 Å². The Bertz CT molecular complexity index is 1400. The molecular formula is C28H24ClNO5. The van der Waals surface area contributed by atoms with Crippen molar-refractivity contribution in [2.75, 3.05) is 19.0 Å². The highest BCUT2D eigenvalue weighted by atomic mass is 35.5. The number of rotatable bonds is 7. The number of fused-ring (bicyclic) bond motifs is 1. The molecule has 0 aliphatic rings. The lowest BCUT2D eigenvalue weighted by Gasteiger charge is -2.10. The quantitative estimate of drug-likeness (QED) is 0.224. The number of carbonyl (C=O) groups is 2. The summed E-state index contributed by atoms with van der Waals surface area (Å²) in [5.41, 5.74) is 5.03. The van der Waals surface area contributed by atoms with Crippen LogP contribution in [0.4, 0.5) is 5.69 Å². The van der Waals surface area contributed by atoms with Crippen LogP contribution in [0.25, 0.3) is 27.7 Å². The van der Waals surface area contributed by atoms with E-state index in [1.54, 1.807) is 44.6 Å². The van der Waals surface area contributed by atoms with Crippen LogP contribution in [-0.2, 0) is 9.53 Å². The Kier molecular flexibility index (Phi) is 7.22. The minimum Gasteiger partial charge on any atom is -0.496 e. The normalized spacial score (nSPS) is 11.4. The molecule has 1 amide bonds. The molecule has 35 heavy (non-hydrogen) atoms. The van der Waals surface area contributed by atoms with Crippen molar-refractivity contribution in [1.82, 2.24) is 0 Å². The number of carbonyl (C=O) groups excluding carboxylic acids is 2. The summed E-state index contributed by atoms with van der Waals surface area (Å²) < 4.78 is 16.3. The monoisotopic (exact) mass is 489 g/mol. The van der Waals surface area contributed by atoms with Crippen molar-refractivity contribution in [3.8, 4) is 16.9 Å². The molecule has 0 spiro atoms. The highest BCUT2D eigenvalue weighted by Crippen LogP contribution is 2.37. The van der Waals surface area contributed by atoms with Crippen LogP contribution in [0.3, 0.4) is 0 Å². The number of hydrogen-bond donors (Lipinski definition) is 1. The van der Waals surface area contributed by atoms with E-state index in [1.165, 1.54) is 6.08 Å². The number of halogens is 1. The van der Waals surface area contributed by atoms with Crippen molar-refractivity contribution in [3.05, 3.63) is 89.2 Å². The number of benzene rings is 3. The highest BCUT2D eigenvalue weighted by Gasteiger charge is 2.15. The molecule has 0 fully saturated rings. The van der Waals surface area contributed by atoms with Crippen LogP contribution in [0.1, 0.15) is 29.8 Å². The molecule has 0 aliphatic carbocycles. The second kappa shape index (κ2) is 10.5. The van der Waals surface area contributed by atoms with Gasteiger partial charge in [0.05, 0.1) is 25.5 Å². The number of furan rings is 1. The molecule has 0 radical (unpaired) electrons. The van der Waals surface area contributed by atoms with Crippen molar-refractivity contribution in [2.45, 2.75) is 13.8 Å². The lowest BCUT2D eigenvalue weighted by Crippen LogP contribution is -2.09. The first-order chi connectivity index (χ1) is 16.9. The van der Waals surface area contributed by atoms with Crippen molar-refractivity contribution in [3.63, 3.8) is 0 Å². The van der Waals surface area contributed by atoms with Gasteiger partial charge in [-0.05, 0) is 67.4 Å². The fourth-order valence-corrected chi connectivity index (χ4v) is 3.87. The van der Waals surface area contributed by atoms with E-state index >= 15 is 0 Å². The first-order valence-corrected chi connectivity index (χ1v) is 11.4. The minimum atomic E-state index is -0.402. The van der Waals surface area contributed by atoms with Crippen molar-refractivity contribution >= 4 is 45.7 Å². The van der Waals surface area contributed by atoms with E-state index in [9.17, 15) is 9.59 Å². The van der Waals surface area contributed by atoms with Gasteiger partial charge in [0.25, 0.3) is 0 Å². The van der Waals surface area contributed by atoms with Crippen LogP contribution in [0.5, 0.6) is 5.75 Å². The molecule has 0 bridgehead atoms. The maximum atomic E-state index is 12.7. The third-order valence-electron chi connectivity index (χ3n) is 5.49. The zero-order chi connectivity index (χ0) is 24.9. The molecule has 1 N–H and O–H groups in total. The summed E-state index contributed by atoms with van der Waals surface area (Å²) in [4.78, 5) is 24.5. The average molecular weight is 490 g/mol. The zero-order valence-corrected chi connectivity index (χ0v) is 20.3. The van der Waals surface area contributed by atoms with Gasteiger partial charge < -0.3 is 19.2 Å². The summed E-state index contributed by atoms with van der Waals surface area (Å²) in [7, 11) is 1.58.